The number of piperazine rings is 1. The first-order valence-corrected chi connectivity index (χ1v) is 7.37. The van der Waals surface area contributed by atoms with Crippen LogP contribution in [0.4, 0.5) is 0 Å². The van der Waals surface area contributed by atoms with Crippen molar-refractivity contribution < 1.29 is 5.11 Å². The van der Waals surface area contributed by atoms with Crippen LogP contribution in [0.25, 0.3) is 0 Å². The Morgan fingerprint density at radius 2 is 1.90 bits per heavy atom. The summed E-state index contributed by atoms with van der Waals surface area (Å²) in [5, 5.41) is 14.5. The third-order valence-electron chi connectivity index (χ3n) is 4.26. The van der Waals surface area contributed by atoms with Crippen molar-refractivity contribution in [1.29, 1.82) is 0 Å². The third-order valence-corrected chi connectivity index (χ3v) is 4.26. The molecule has 2 N–H and O–H groups in total. The lowest BCUT2D eigenvalue weighted by atomic mass is 9.84. The molecule has 1 saturated heterocycles. The molecule has 20 heavy (non-hydrogen) atoms. The smallest absolute Gasteiger partial charge is 0.144 e. The standard InChI is InChI=1S/C17H22N2O/c20-17(19-12-10-18-11-13-19)9-5-4-8-16(17)14-15-6-2-1-3-7-15/h1-9,16,18,20H,10-14H2. The molecular formula is C17H22N2O. The average molecular weight is 270 g/mol. The molecule has 1 aromatic carbocycles. The van der Waals surface area contributed by atoms with E-state index in [1.807, 2.05) is 24.3 Å². The predicted molar refractivity (Wildman–Crippen MR) is 81.3 cm³/mol. The molecule has 0 amide bonds. The molecule has 0 saturated carbocycles. The Kier molecular flexibility index (Phi) is 4.01. The SMILES string of the molecule is OC1(N2CCNCC2)C=CC=CC1Cc1ccccc1. The molecule has 3 heteroatoms. The van der Waals surface area contributed by atoms with Gasteiger partial charge in [0, 0.05) is 32.1 Å². The topological polar surface area (TPSA) is 35.5 Å². The molecule has 106 valence electrons. The maximum Gasteiger partial charge on any atom is 0.144 e. The van der Waals surface area contributed by atoms with Crippen molar-refractivity contribution in [3.05, 3.63) is 60.2 Å². The quantitative estimate of drug-likeness (QED) is 0.875. The lowest BCUT2D eigenvalue weighted by Crippen LogP contribution is -2.59. The molecule has 1 fully saturated rings. The summed E-state index contributed by atoms with van der Waals surface area (Å²) in [5.41, 5.74) is 0.415. The van der Waals surface area contributed by atoms with E-state index >= 15 is 0 Å². The second kappa shape index (κ2) is 5.92. The van der Waals surface area contributed by atoms with E-state index in [2.05, 4.69) is 40.6 Å². The maximum atomic E-state index is 11.2. The van der Waals surface area contributed by atoms with Gasteiger partial charge in [-0.05, 0) is 18.1 Å². The first-order chi connectivity index (χ1) is 9.79. The lowest BCUT2D eigenvalue weighted by Gasteiger charge is -2.45. The van der Waals surface area contributed by atoms with Crippen LogP contribution in [-0.2, 0) is 6.42 Å². The van der Waals surface area contributed by atoms with Gasteiger partial charge in [0.2, 0.25) is 0 Å². The van der Waals surface area contributed by atoms with Crippen LogP contribution in [0, 0.1) is 5.92 Å². The van der Waals surface area contributed by atoms with Gasteiger partial charge in [-0.3, -0.25) is 4.90 Å². The van der Waals surface area contributed by atoms with E-state index in [4.69, 9.17) is 0 Å². The molecule has 1 aromatic rings. The Morgan fingerprint density at radius 3 is 2.65 bits per heavy atom. The van der Waals surface area contributed by atoms with Crippen molar-refractivity contribution in [3.8, 4) is 0 Å². The van der Waals surface area contributed by atoms with E-state index in [0.717, 1.165) is 32.6 Å². The van der Waals surface area contributed by atoms with Gasteiger partial charge in [-0.15, -0.1) is 0 Å². The fourth-order valence-electron chi connectivity index (χ4n) is 3.11. The fourth-order valence-corrected chi connectivity index (χ4v) is 3.11. The van der Waals surface area contributed by atoms with Gasteiger partial charge in [0.25, 0.3) is 0 Å². The zero-order valence-corrected chi connectivity index (χ0v) is 11.7. The van der Waals surface area contributed by atoms with Crippen molar-refractivity contribution in [3.63, 3.8) is 0 Å². The van der Waals surface area contributed by atoms with Crippen molar-refractivity contribution in [2.45, 2.75) is 12.1 Å². The van der Waals surface area contributed by atoms with Gasteiger partial charge in [-0.25, -0.2) is 0 Å². The molecule has 3 rings (SSSR count). The predicted octanol–water partition coefficient (Wildman–Crippen LogP) is 1.57. The summed E-state index contributed by atoms with van der Waals surface area (Å²) in [6.45, 7) is 3.66. The molecule has 3 nitrogen and oxygen atoms in total. The van der Waals surface area contributed by atoms with Crippen molar-refractivity contribution in [1.82, 2.24) is 10.2 Å². The summed E-state index contributed by atoms with van der Waals surface area (Å²) < 4.78 is 0. The van der Waals surface area contributed by atoms with Crippen molar-refractivity contribution in [2.24, 2.45) is 5.92 Å². The number of rotatable bonds is 3. The highest BCUT2D eigenvalue weighted by Gasteiger charge is 2.40. The minimum Gasteiger partial charge on any atom is -0.371 e. The third kappa shape index (κ3) is 2.70. The van der Waals surface area contributed by atoms with Crippen molar-refractivity contribution >= 4 is 0 Å². The summed E-state index contributed by atoms with van der Waals surface area (Å²) in [6, 6.07) is 10.4. The number of aliphatic hydroxyl groups is 1. The Morgan fingerprint density at radius 1 is 1.15 bits per heavy atom. The first kappa shape index (κ1) is 13.6. The summed E-state index contributed by atoms with van der Waals surface area (Å²) in [6.07, 6.45) is 8.96. The normalized spacial score (nSPS) is 30.6. The van der Waals surface area contributed by atoms with Gasteiger partial charge in [0.05, 0.1) is 0 Å². The maximum absolute atomic E-state index is 11.2. The Balaban J connectivity index is 1.80. The second-order valence-electron chi connectivity index (χ2n) is 5.56. The second-order valence-corrected chi connectivity index (χ2v) is 5.56. The highest BCUT2D eigenvalue weighted by Crippen LogP contribution is 2.31. The Labute approximate surface area is 120 Å². The zero-order valence-electron chi connectivity index (χ0n) is 11.7. The van der Waals surface area contributed by atoms with Gasteiger partial charge in [-0.1, -0.05) is 48.6 Å². The molecular weight excluding hydrogens is 248 g/mol. The van der Waals surface area contributed by atoms with Crippen LogP contribution in [0.2, 0.25) is 0 Å². The Hall–Kier alpha value is -1.42. The number of allylic oxidation sites excluding steroid dienone is 2. The summed E-state index contributed by atoms with van der Waals surface area (Å²) in [4.78, 5) is 2.19. The van der Waals surface area contributed by atoms with E-state index in [0.29, 0.717) is 0 Å². The van der Waals surface area contributed by atoms with Crippen LogP contribution >= 0.6 is 0 Å². The van der Waals surface area contributed by atoms with Gasteiger partial charge < -0.3 is 10.4 Å². The van der Waals surface area contributed by atoms with Gasteiger partial charge >= 0.3 is 0 Å². The number of hydrogen-bond donors (Lipinski definition) is 2. The zero-order chi connectivity index (χ0) is 13.8. The molecule has 0 bridgehead atoms. The molecule has 1 heterocycles. The van der Waals surface area contributed by atoms with Crippen LogP contribution in [-0.4, -0.2) is 41.9 Å². The first-order valence-electron chi connectivity index (χ1n) is 7.37. The van der Waals surface area contributed by atoms with E-state index in [9.17, 15) is 5.11 Å². The molecule has 0 spiro atoms. The highest BCUT2D eigenvalue weighted by atomic mass is 16.3. The summed E-state index contributed by atoms with van der Waals surface area (Å²) in [5.74, 6) is 0.105. The van der Waals surface area contributed by atoms with E-state index < -0.39 is 5.72 Å². The van der Waals surface area contributed by atoms with E-state index in [1.165, 1.54) is 5.56 Å². The molecule has 2 aliphatic rings. The van der Waals surface area contributed by atoms with Crippen LogP contribution in [0.3, 0.4) is 0 Å². The average Bonchev–Trinajstić information content (AvgIpc) is 2.52. The molecule has 2 unspecified atom stereocenters. The number of nitrogens with zero attached hydrogens (tertiary/aromatic N) is 1. The van der Waals surface area contributed by atoms with Crippen LogP contribution in [0.15, 0.2) is 54.6 Å². The highest BCUT2D eigenvalue weighted by molar-refractivity contribution is 5.25. The van der Waals surface area contributed by atoms with Crippen molar-refractivity contribution in [2.75, 3.05) is 26.2 Å². The summed E-state index contributed by atoms with van der Waals surface area (Å²) >= 11 is 0. The molecule has 1 aliphatic heterocycles. The van der Waals surface area contributed by atoms with Crippen LogP contribution in [0.1, 0.15) is 5.56 Å². The van der Waals surface area contributed by atoms with Gasteiger partial charge in [-0.2, -0.15) is 0 Å². The monoisotopic (exact) mass is 270 g/mol. The molecule has 2 atom stereocenters. The van der Waals surface area contributed by atoms with Crippen LogP contribution < -0.4 is 5.32 Å². The van der Waals surface area contributed by atoms with Crippen LogP contribution in [0.5, 0.6) is 0 Å². The largest absolute Gasteiger partial charge is 0.371 e. The fraction of sp³-hybridized carbons (Fsp3) is 0.412. The minimum absolute atomic E-state index is 0.105. The summed E-state index contributed by atoms with van der Waals surface area (Å²) in [7, 11) is 0. The molecule has 0 aromatic heterocycles. The van der Waals surface area contributed by atoms with E-state index in [1.54, 1.807) is 0 Å². The van der Waals surface area contributed by atoms with E-state index in [-0.39, 0.29) is 5.92 Å². The van der Waals surface area contributed by atoms with Gasteiger partial charge in [0.15, 0.2) is 0 Å². The number of benzene rings is 1. The molecule has 1 aliphatic carbocycles. The Bertz CT molecular complexity index is 491. The molecule has 0 radical (unpaired) electrons. The van der Waals surface area contributed by atoms with Gasteiger partial charge in [0.1, 0.15) is 5.72 Å². The minimum atomic E-state index is -0.854. The number of nitrogens with one attached hydrogen (secondary N) is 1. The number of hydrogen-bond acceptors (Lipinski definition) is 3. The lowest BCUT2D eigenvalue weighted by molar-refractivity contribution is -0.103.